The monoisotopic (exact) mass is 402 g/mol. The minimum absolute atomic E-state index is 0.0399. The van der Waals surface area contributed by atoms with E-state index in [1.807, 2.05) is 13.8 Å². The van der Waals surface area contributed by atoms with E-state index in [0.29, 0.717) is 25.1 Å². The molecule has 2 atom stereocenters. The minimum atomic E-state index is -3.45. The second-order valence-corrected chi connectivity index (χ2v) is 8.80. The lowest BCUT2D eigenvalue weighted by atomic mass is 10.1. The Morgan fingerprint density at radius 1 is 1.33 bits per heavy atom. The van der Waals surface area contributed by atoms with E-state index < -0.39 is 15.8 Å². The van der Waals surface area contributed by atoms with Crippen LogP contribution in [0.5, 0.6) is 5.75 Å². The van der Waals surface area contributed by atoms with Crippen LogP contribution in [0.15, 0.2) is 18.2 Å². The normalized spacial score (nSPS) is 21.0. The summed E-state index contributed by atoms with van der Waals surface area (Å²) in [5.41, 5.74) is 0.673. The molecule has 1 N–H and O–H groups in total. The van der Waals surface area contributed by atoms with E-state index in [1.165, 1.54) is 23.5 Å². The summed E-state index contributed by atoms with van der Waals surface area (Å²) in [6, 6.07) is 4.54. The highest BCUT2D eigenvalue weighted by molar-refractivity contribution is 7.89. The Morgan fingerprint density at radius 2 is 2.00 bits per heavy atom. The second kappa shape index (κ2) is 9.48. The Hall–Kier alpha value is -1.71. The molecule has 0 aromatic heterocycles. The number of rotatable bonds is 8. The van der Waals surface area contributed by atoms with Gasteiger partial charge in [-0.25, -0.2) is 12.8 Å². The molecule has 2 unspecified atom stereocenters. The summed E-state index contributed by atoms with van der Waals surface area (Å²) in [5, 5.41) is 2.61. The lowest BCUT2D eigenvalue weighted by molar-refractivity contribution is -0.120. The minimum Gasteiger partial charge on any atom is -0.494 e. The molecule has 0 saturated carbocycles. The number of ether oxygens (including phenoxy) is 2. The van der Waals surface area contributed by atoms with Gasteiger partial charge in [-0.1, -0.05) is 6.07 Å². The largest absolute Gasteiger partial charge is 0.494 e. The van der Waals surface area contributed by atoms with Crippen molar-refractivity contribution < 1.29 is 27.1 Å². The van der Waals surface area contributed by atoms with Gasteiger partial charge in [0.05, 0.1) is 25.1 Å². The summed E-state index contributed by atoms with van der Waals surface area (Å²) in [6.07, 6.45) is 0.209. The molecule has 0 bridgehead atoms. The maximum atomic E-state index is 13.6. The average Bonchev–Trinajstić information content (AvgIpc) is 2.59. The first-order valence-corrected chi connectivity index (χ1v) is 10.5. The third-order valence-electron chi connectivity index (χ3n) is 4.32. The summed E-state index contributed by atoms with van der Waals surface area (Å²) < 4.78 is 50.2. The van der Waals surface area contributed by atoms with Crippen LogP contribution in [0, 0.1) is 5.82 Å². The molecular weight excluding hydrogens is 375 g/mol. The van der Waals surface area contributed by atoms with Gasteiger partial charge >= 0.3 is 0 Å². The number of hydrogen-bond acceptors (Lipinski definition) is 5. The van der Waals surface area contributed by atoms with E-state index in [1.54, 1.807) is 6.07 Å². The Labute approximate surface area is 159 Å². The number of aryl methyl sites for hydroxylation is 1. The first kappa shape index (κ1) is 21.6. The number of morpholine rings is 1. The summed E-state index contributed by atoms with van der Waals surface area (Å²) in [5.74, 6) is -0.754. The molecule has 9 heteroatoms. The van der Waals surface area contributed by atoms with Crippen molar-refractivity contribution in [3.8, 4) is 5.75 Å². The summed E-state index contributed by atoms with van der Waals surface area (Å²) in [6.45, 7) is 4.36. The number of benzene rings is 1. The fourth-order valence-corrected chi connectivity index (χ4v) is 4.51. The molecule has 152 valence electrons. The highest BCUT2D eigenvalue weighted by Gasteiger charge is 2.30. The second-order valence-electron chi connectivity index (χ2n) is 6.71. The molecule has 27 heavy (non-hydrogen) atoms. The van der Waals surface area contributed by atoms with E-state index in [0.717, 1.165) is 0 Å². The standard InChI is InChI=1S/C18H27FN2O5S/c1-13-11-21(12-14(2)26-13)27(23,24)9-8-20-18(22)7-5-15-4-6-17(25-3)16(19)10-15/h4,6,10,13-14H,5,7-9,11-12H2,1-3H3,(H,20,22). The van der Waals surface area contributed by atoms with Crippen LogP contribution in [-0.4, -0.2) is 63.3 Å². The van der Waals surface area contributed by atoms with Gasteiger partial charge in [-0.05, 0) is 38.0 Å². The van der Waals surface area contributed by atoms with Crippen LogP contribution in [0.1, 0.15) is 25.8 Å². The van der Waals surface area contributed by atoms with Crippen molar-refractivity contribution in [2.24, 2.45) is 0 Å². The highest BCUT2D eigenvalue weighted by Crippen LogP contribution is 2.18. The van der Waals surface area contributed by atoms with Gasteiger partial charge < -0.3 is 14.8 Å². The van der Waals surface area contributed by atoms with Gasteiger partial charge in [0, 0.05) is 26.1 Å². The van der Waals surface area contributed by atoms with E-state index in [9.17, 15) is 17.6 Å². The molecule has 1 saturated heterocycles. The Kier molecular flexibility index (Phi) is 7.58. The predicted octanol–water partition coefficient (Wildman–Crippen LogP) is 1.32. The van der Waals surface area contributed by atoms with Crippen molar-refractivity contribution in [3.05, 3.63) is 29.6 Å². The molecule has 0 aliphatic carbocycles. The van der Waals surface area contributed by atoms with Crippen LogP contribution in [0.25, 0.3) is 0 Å². The van der Waals surface area contributed by atoms with Crippen LogP contribution in [0.2, 0.25) is 0 Å². The third-order valence-corrected chi connectivity index (χ3v) is 6.12. The number of nitrogens with zero attached hydrogens (tertiary/aromatic N) is 1. The SMILES string of the molecule is COc1ccc(CCC(=O)NCCS(=O)(=O)N2CC(C)OC(C)C2)cc1F. The van der Waals surface area contributed by atoms with Crippen LogP contribution >= 0.6 is 0 Å². The van der Waals surface area contributed by atoms with Gasteiger partial charge in [0.1, 0.15) is 0 Å². The number of hydrogen-bond donors (Lipinski definition) is 1. The lowest BCUT2D eigenvalue weighted by Gasteiger charge is -2.34. The Morgan fingerprint density at radius 3 is 2.59 bits per heavy atom. The highest BCUT2D eigenvalue weighted by atomic mass is 32.2. The molecule has 1 aromatic rings. The third kappa shape index (κ3) is 6.44. The van der Waals surface area contributed by atoms with Gasteiger partial charge in [-0.2, -0.15) is 4.31 Å². The van der Waals surface area contributed by atoms with E-state index in [4.69, 9.17) is 9.47 Å². The number of amides is 1. The topological polar surface area (TPSA) is 84.9 Å². The maximum Gasteiger partial charge on any atom is 0.220 e. The van der Waals surface area contributed by atoms with Crippen LogP contribution in [0.3, 0.4) is 0 Å². The zero-order valence-corrected chi connectivity index (χ0v) is 16.7. The fraction of sp³-hybridized carbons (Fsp3) is 0.611. The van der Waals surface area contributed by atoms with Gasteiger partial charge in [-0.15, -0.1) is 0 Å². The van der Waals surface area contributed by atoms with Gasteiger partial charge in [0.25, 0.3) is 0 Å². The molecule has 7 nitrogen and oxygen atoms in total. The number of halogens is 1. The number of carbonyl (C=O) groups is 1. The number of sulfonamides is 1. The zero-order chi connectivity index (χ0) is 20.0. The maximum absolute atomic E-state index is 13.6. The molecule has 1 aliphatic rings. The molecule has 2 rings (SSSR count). The Balaban J connectivity index is 1.76. The molecule has 1 heterocycles. The molecule has 1 aliphatic heterocycles. The molecular formula is C18H27FN2O5S. The quantitative estimate of drug-likeness (QED) is 0.709. The number of nitrogens with one attached hydrogen (secondary N) is 1. The lowest BCUT2D eigenvalue weighted by Crippen LogP contribution is -2.49. The molecule has 1 aromatic carbocycles. The van der Waals surface area contributed by atoms with E-state index in [-0.39, 0.29) is 42.6 Å². The fourth-order valence-electron chi connectivity index (χ4n) is 3.02. The van der Waals surface area contributed by atoms with E-state index in [2.05, 4.69) is 5.32 Å². The number of methoxy groups -OCH3 is 1. The number of carbonyl (C=O) groups excluding carboxylic acids is 1. The Bertz CT molecular complexity index is 746. The predicted molar refractivity (Wildman–Crippen MR) is 99.7 cm³/mol. The van der Waals surface area contributed by atoms with Crippen molar-refractivity contribution in [1.82, 2.24) is 9.62 Å². The first-order chi connectivity index (χ1) is 12.7. The van der Waals surface area contributed by atoms with Crippen molar-refractivity contribution in [2.45, 2.75) is 38.9 Å². The van der Waals surface area contributed by atoms with Crippen molar-refractivity contribution in [3.63, 3.8) is 0 Å². The van der Waals surface area contributed by atoms with Crippen LogP contribution in [-0.2, 0) is 26.0 Å². The van der Waals surface area contributed by atoms with Gasteiger partial charge in [0.2, 0.25) is 15.9 Å². The molecule has 1 fully saturated rings. The zero-order valence-electron chi connectivity index (χ0n) is 15.9. The molecule has 0 radical (unpaired) electrons. The summed E-state index contributed by atoms with van der Waals surface area (Å²) in [4.78, 5) is 11.9. The van der Waals surface area contributed by atoms with Gasteiger partial charge in [0.15, 0.2) is 11.6 Å². The van der Waals surface area contributed by atoms with Crippen molar-refractivity contribution >= 4 is 15.9 Å². The van der Waals surface area contributed by atoms with Crippen LogP contribution in [0.4, 0.5) is 4.39 Å². The van der Waals surface area contributed by atoms with Crippen LogP contribution < -0.4 is 10.1 Å². The molecule has 0 spiro atoms. The smallest absolute Gasteiger partial charge is 0.220 e. The van der Waals surface area contributed by atoms with Gasteiger partial charge in [-0.3, -0.25) is 4.79 Å². The summed E-state index contributed by atoms with van der Waals surface area (Å²) in [7, 11) is -2.06. The van der Waals surface area contributed by atoms with Crippen molar-refractivity contribution in [1.29, 1.82) is 0 Å². The average molecular weight is 402 g/mol. The molecule has 1 amide bonds. The van der Waals surface area contributed by atoms with Crippen molar-refractivity contribution in [2.75, 3.05) is 32.5 Å². The van der Waals surface area contributed by atoms with E-state index >= 15 is 0 Å². The summed E-state index contributed by atoms with van der Waals surface area (Å²) >= 11 is 0. The first-order valence-electron chi connectivity index (χ1n) is 8.93.